The van der Waals surface area contributed by atoms with Crippen LogP contribution in [0.1, 0.15) is 0 Å². The molecule has 0 spiro atoms. The first kappa shape index (κ1) is 23.0. The van der Waals surface area contributed by atoms with Crippen molar-refractivity contribution in [2.75, 3.05) is 4.90 Å². The van der Waals surface area contributed by atoms with Gasteiger partial charge in [-0.15, -0.1) is 0 Å². The van der Waals surface area contributed by atoms with Gasteiger partial charge in [-0.25, -0.2) is 0 Å². The molecule has 0 radical (unpaired) electrons. The normalized spacial score (nSPS) is 12.4. The summed E-state index contributed by atoms with van der Waals surface area (Å²) in [5, 5.41) is 3.74. The minimum Gasteiger partial charge on any atom is -0.453 e. The number of benzene rings is 6. The Morgan fingerprint density at radius 1 is 0.429 bits per heavy atom. The maximum absolute atomic E-state index is 6.25. The molecule has 0 bridgehead atoms. The average Bonchev–Trinajstić information content (AvgIpc) is 3.64. The van der Waals surface area contributed by atoms with Gasteiger partial charge in [0.15, 0.2) is 11.5 Å². The topological polar surface area (TPSA) is 22.3 Å². The van der Waals surface area contributed by atoms with Crippen molar-refractivity contribution >= 4 is 49.8 Å². The lowest BCUT2D eigenvalue weighted by molar-refractivity contribution is 0.477. The van der Waals surface area contributed by atoms with E-state index in [9.17, 15) is 0 Å². The molecule has 0 fully saturated rings. The maximum atomic E-state index is 6.25. The first-order chi connectivity index (χ1) is 20.8. The first-order valence-electron chi connectivity index (χ1n) is 14.2. The van der Waals surface area contributed by atoms with Gasteiger partial charge in [-0.2, -0.15) is 0 Å². The lowest BCUT2D eigenvalue weighted by atomic mass is 10.1. The van der Waals surface area contributed by atoms with Crippen molar-refractivity contribution in [1.82, 2.24) is 9.13 Å². The zero-order chi connectivity index (χ0) is 27.6. The maximum Gasteiger partial charge on any atom is 0.151 e. The van der Waals surface area contributed by atoms with Gasteiger partial charge < -0.3 is 18.8 Å². The van der Waals surface area contributed by atoms with Crippen molar-refractivity contribution in [1.29, 1.82) is 0 Å². The third kappa shape index (κ3) is 3.29. The molecule has 3 heterocycles. The van der Waals surface area contributed by atoms with E-state index in [1.807, 2.05) is 24.3 Å². The van der Waals surface area contributed by atoms with Crippen LogP contribution in [0.2, 0.25) is 0 Å². The quantitative estimate of drug-likeness (QED) is 0.223. The summed E-state index contributed by atoms with van der Waals surface area (Å²) < 4.78 is 10.9. The number of fused-ring (bicyclic) bond motifs is 7. The summed E-state index contributed by atoms with van der Waals surface area (Å²) in [4.78, 5) is 2.29. The number of hydrogen-bond acceptors (Lipinski definition) is 2. The van der Waals surface area contributed by atoms with Crippen LogP contribution in [-0.2, 0) is 0 Å². The third-order valence-electron chi connectivity index (χ3n) is 8.32. The van der Waals surface area contributed by atoms with Gasteiger partial charge in [0.2, 0.25) is 0 Å². The van der Waals surface area contributed by atoms with Gasteiger partial charge in [0.1, 0.15) is 0 Å². The molecule has 0 unspecified atom stereocenters. The Hall–Kier alpha value is -5.74. The van der Waals surface area contributed by atoms with Gasteiger partial charge in [0.05, 0.1) is 27.9 Å². The first-order valence-corrected chi connectivity index (χ1v) is 14.2. The van der Waals surface area contributed by atoms with Crippen LogP contribution in [0.5, 0.6) is 11.5 Å². The largest absolute Gasteiger partial charge is 0.453 e. The molecule has 4 heteroatoms. The van der Waals surface area contributed by atoms with E-state index in [4.69, 9.17) is 4.74 Å². The molecule has 0 saturated carbocycles. The molecule has 1 aliphatic heterocycles. The highest BCUT2D eigenvalue weighted by Gasteiger charge is 2.25. The molecule has 0 amide bonds. The molecule has 1 aliphatic rings. The Labute approximate surface area is 242 Å². The number of nitrogens with zero attached hydrogens (tertiary/aromatic N) is 3. The van der Waals surface area contributed by atoms with E-state index < -0.39 is 0 Å². The Bertz CT molecular complexity index is 2250. The fourth-order valence-electron chi connectivity index (χ4n) is 6.51. The molecule has 9 rings (SSSR count). The van der Waals surface area contributed by atoms with Crippen molar-refractivity contribution in [3.05, 3.63) is 152 Å². The fourth-order valence-corrected chi connectivity index (χ4v) is 6.51. The Kier molecular flexibility index (Phi) is 4.87. The van der Waals surface area contributed by atoms with Crippen molar-refractivity contribution in [2.45, 2.75) is 0 Å². The van der Waals surface area contributed by atoms with Crippen LogP contribution in [-0.4, -0.2) is 9.13 Å². The van der Waals surface area contributed by atoms with Crippen LogP contribution in [0.25, 0.3) is 44.1 Å². The Morgan fingerprint density at radius 2 is 1.10 bits per heavy atom. The van der Waals surface area contributed by atoms with Crippen molar-refractivity contribution < 1.29 is 4.74 Å². The fraction of sp³-hybridized carbons (Fsp3) is 0. The molecule has 0 saturated heterocycles. The van der Waals surface area contributed by atoms with Crippen LogP contribution < -0.4 is 9.64 Å². The van der Waals surface area contributed by atoms with Crippen LogP contribution in [0.4, 0.5) is 17.1 Å². The predicted molar refractivity (Wildman–Crippen MR) is 172 cm³/mol. The highest BCUT2D eigenvalue weighted by molar-refractivity contribution is 6.18. The SMILES string of the molecule is c1ccc(-n2c3ccccc3c3ccc4c(ccn4-c4cccc(N5c6ccccc6Oc6ccccc65)c4)c32)cc1. The van der Waals surface area contributed by atoms with Gasteiger partial charge in [-0.1, -0.05) is 72.8 Å². The van der Waals surface area contributed by atoms with Crippen molar-refractivity contribution in [3.63, 3.8) is 0 Å². The zero-order valence-corrected chi connectivity index (χ0v) is 22.7. The van der Waals surface area contributed by atoms with Gasteiger partial charge in [0.25, 0.3) is 0 Å². The number of rotatable bonds is 3. The molecule has 2 aromatic heterocycles. The van der Waals surface area contributed by atoms with Gasteiger partial charge in [0, 0.05) is 39.4 Å². The van der Waals surface area contributed by atoms with Crippen LogP contribution in [0.15, 0.2) is 152 Å². The second kappa shape index (κ2) is 8.88. The van der Waals surface area contributed by atoms with E-state index in [0.717, 1.165) is 39.9 Å². The monoisotopic (exact) mass is 539 g/mol. The van der Waals surface area contributed by atoms with E-state index in [0.29, 0.717) is 0 Å². The molecule has 0 aliphatic carbocycles. The van der Waals surface area contributed by atoms with Crippen molar-refractivity contribution in [3.8, 4) is 22.9 Å². The van der Waals surface area contributed by atoms with Crippen molar-refractivity contribution in [2.24, 2.45) is 0 Å². The average molecular weight is 540 g/mol. The summed E-state index contributed by atoms with van der Waals surface area (Å²) in [6, 6.07) is 51.3. The molecular weight excluding hydrogens is 514 g/mol. The minimum atomic E-state index is 0.851. The Morgan fingerprint density at radius 3 is 1.90 bits per heavy atom. The second-order valence-corrected chi connectivity index (χ2v) is 10.7. The molecule has 0 atom stereocenters. The van der Waals surface area contributed by atoms with E-state index in [-0.39, 0.29) is 0 Å². The lowest BCUT2D eigenvalue weighted by Crippen LogP contribution is -2.15. The summed E-state index contributed by atoms with van der Waals surface area (Å²) >= 11 is 0. The van der Waals surface area contributed by atoms with Gasteiger partial charge in [-0.05, 0) is 72.8 Å². The number of ether oxygens (including phenoxy) is 1. The molecule has 8 aromatic rings. The second-order valence-electron chi connectivity index (χ2n) is 10.7. The van der Waals surface area contributed by atoms with Gasteiger partial charge >= 0.3 is 0 Å². The Balaban J connectivity index is 1.25. The van der Waals surface area contributed by atoms with E-state index >= 15 is 0 Å². The smallest absolute Gasteiger partial charge is 0.151 e. The summed E-state index contributed by atoms with van der Waals surface area (Å²) in [7, 11) is 0. The molecule has 6 aromatic carbocycles. The molecular formula is C38H25N3O. The summed E-state index contributed by atoms with van der Waals surface area (Å²) in [6.45, 7) is 0. The molecule has 198 valence electrons. The molecule has 4 nitrogen and oxygen atoms in total. The predicted octanol–water partition coefficient (Wildman–Crippen LogP) is 10.3. The number of aromatic nitrogens is 2. The van der Waals surface area contributed by atoms with E-state index in [1.165, 1.54) is 32.7 Å². The van der Waals surface area contributed by atoms with E-state index in [1.54, 1.807) is 0 Å². The summed E-state index contributed by atoms with van der Waals surface area (Å²) in [6.07, 6.45) is 2.19. The highest BCUT2D eigenvalue weighted by Crippen LogP contribution is 2.50. The lowest BCUT2D eigenvalue weighted by Gasteiger charge is -2.33. The molecule has 42 heavy (non-hydrogen) atoms. The number of anilines is 3. The highest BCUT2D eigenvalue weighted by atomic mass is 16.5. The van der Waals surface area contributed by atoms with Crippen LogP contribution >= 0.6 is 0 Å². The summed E-state index contributed by atoms with van der Waals surface area (Å²) in [5.41, 5.74) is 9.01. The zero-order valence-electron chi connectivity index (χ0n) is 22.7. The standard InChI is InChI=1S/C38H25N3O/c1-2-11-26(12-3-1)41-33-16-5-4-15-29(33)30-21-22-32-31(38(30)41)23-24-39(32)27-13-10-14-28(25-27)40-34-17-6-8-19-36(34)42-37-20-9-7-18-35(37)40/h1-25H. The summed E-state index contributed by atoms with van der Waals surface area (Å²) in [5.74, 6) is 1.70. The molecule has 0 N–H and O–H groups in total. The van der Waals surface area contributed by atoms with Crippen LogP contribution in [0.3, 0.4) is 0 Å². The van der Waals surface area contributed by atoms with Gasteiger partial charge in [-0.3, -0.25) is 0 Å². The number of hydrogen-bond donors (Lipinski definition) is 0. The third-order valence-corrected chi connectivity index (χ3v) is 8.32. The van der Waals surface area contributed by atoms with Crippen LogP contribution in [0, 0.1) is 0 Å². The number of para-hydroxylation sites is 6. The van der Waals surface area contributed by atoms with E-state index in [2.05, 4.69) is 142 Å². The minimum absolute atomic E-state index is 0.851.